The molecular weight excluding hydrogens is 104 g/mol. The molecule has 0 N–H and O–H groups in total. The Morgan fingerprint density at radius 3 is 2.88 bits per heavy atom. The van der Waals surface area contributed by atoms with E-state index in [0.717, 1.165) is 0 Å². The highest BCUT2D eigenvalue weighted by molar-refractivity contribution is 5.81. The van der Waals surface area contributed by atoms with Gasteiger partial charge in [-0.15, -0.1) is 0 Å². The normalized spacial score (nSPS) is 28.6. The minimum Gasteiger partial charge on any atom is -0.297 e. The molecule has 0 aromatic carbocycles. The number of hydrogen-bond acceptors (Lipinski definition) is 3. The van der Waals surface area contributed by atoms with Crippen molar-refractivity contribution in [2.45, 2.75) is 19.4 Å². The summed E-state index contributed by atoms with van der Waals surface area (Å²) in [5.74, 6) is 0.201. The van der Waals surface area contributed by atoms with E-state index in [-0.39, 0.29) is 11.8 Å². The minimum atomic E-state index is 0.122. The Kier molecular flexibility index (Phi) is 1.37. The summed E-state index contributed by atoms with van der Waals surface area (Å²) in [6.45, 7) is 2.19. The SMILES string of the molecule is CC1CC(=O)CN=N1. The molecule has 3 nitrogen and oxygen atoms in total. The molecule has 1 heterocycles. The van der Waals surface area contributed by atoms with Crippen LogP contribution in [0, 0.1) is 0 Å². The predicted octanol–water partition coefficient (Wildman–Crippen LogP) is 0.800. The topological polar surface area (TPSA) is 41.8 Å². The van der Waals surface area contributed by atoms with Gasteiger partial charge in [-0.3, -0.25) is 4.79 Å². The van der Waals surface area contributed by atoms with E-state index in [4.69, 9.17) is 0 Å². The van der Waals surface area contributed by atoms with Gasteiger partial charge in [-0.25, -0.2) is 0 Å². The van der Waals surface area contributed by atoms with E-state index in [1.165, 1.54) is 0 Å². The van der Waals surface area contributed by atoms with Crippen molar-refractivity contribution in [2.24, 2.45) is 10.2 Å². The first-order valence-corrected chi connectivity index (χ1v) is 2.67. The van der Waals surface area contributed by atoms with Crippen LogP contribution in [0.3, 0.4) is 0 Å². The van der Waals surface area contributed by atoms with Crippen LogP contribution in [0.1, 0.15) is 13.3 Å². The van der Waals surface area contributed by atoms with Crippen molar-refractivity contribution in [3.8, 4) is 0 Å². The quantitative estimate of drug-likeness (QED) is 0.457. The molecule has 44 valence electrons. The van der Waals surface area contributed by atoms with E-state index in [1.54, 1.807) is 0 Å². The summed E-state index contributed by atoms with van der Waals surface area (Å²) >= 11 is 0. The summed E-state index contributed by atoms with van der Waals surface area (Å²) < 4.78 is 0. The molecule has 1 atom stereocenters. The first-order valence-electron chi connectivity index (χ1n) is 2.67. The Morgan fingerprint density at radius 1 is 1.75 bits per heavy atom. The number of hydrogen-bond donors (Lipinski definition) is 0. The molecular formula is C5H8N2O. The first-order chi connectivity index (χ1) is 3.79. The van der Waals surface area contributed by atoms with Crippen LogP contribution in [0.5, 0.6) is 0 Å². The molecule has 0 amide bonds. The molecule has 0 saturated carbocycles. The van der Waals surface area contributed by atoms with Gasteiger partial charge in [0, 0.05) is 6.42 Å². The van der Waals surface area contributed by atoms with Crippen LogP contribution in [-0.2, 0) is 4.79 Å². The lowest BCUT2D eigenvalue weighted by molar-refractivity contribution is -0.118. The molecule has 1 aliphatic rings. The zero-order valence-electron chi connectivity index (χ0n) is 4.79. The fourth-order valence-electron chi connectivity index (χ4n) is 0.694. The average molecular weight is 112 g/mol. The predicted molar refractivity (Wildman–Crippen MR) is 28.8 cm³/mol. The molecule has 0 saturated heterocycles. The number of nitrogens with zero attached hydrogens (tertiary/aromatic N) is 2. The van der Waals surface area contributed by atoms with E-state index in [0.29, 0.717) is 13.0 Å². The van der Waals surface area contributed by atoms with E-state index >= 15 is 0 Å². The molecule has 0 aromatic rings. The van der Waals surface area contributed by atoms with Gasteiger partial charge < -0.3 is 0 Å². The van der Waals surface area contributed by atoms with Crippen molar-refractivity contribution < 1.29 is 4.79 Å². The molecule has 0 aliphatic carbocycles. The Hall–Kier alpha value is -0.730. The van der Waals surface area contributed by atoms with Gasteiger partial charge in [0.2, 0.25) is 0 Å². The second-order valence-corrected chi connectivity index (χ2v) is 2.01. The summed E-state index contributed by atoms with van der Waals surface area (Å²) in [6, 6.07) is 0.122. The summed E-state index contributed by atoms with van der Waals surface area (Å²) in [6.07, 6.45) is 0.573. The summed E-state index contributed by atoms with van der Waals surface area (Å²) in [5.41, 5.74) is 0. The molecule has 0 spiro atoms. The van der Waals surface area contributed by atoms with Crippen LogP contribution in [0.25, 0.3) is 0 Å². The number of Topliss-reactive ketones (excluding diaryl/α,β-unsaturated/α-hetero) is 1. The largest absolute Gasteiger partial charge is 0.297 e. The molecule has 0 aromatic heterocycles. The molecule has 1 aliphatic heterocycles. The molecule has 8 heavy (non-hydrogen) atoms. The summed E-state index contributed by atoms with van der Waals surface area (Å²) in [5, 5.41) is 7.40. The van der Waals surface area contributed by atoms with E-state index in [1.807, 2.05) is 6.92 Å². The zero-order valence-corrected chi connectivity index (χ0v) is 4.79. The maximum atomic E-state index is 10.5. The van der Waals surface area contributed by atoms with Crippen molar-refractivity contribution >= 4 is 5.78 Å². The third kappa shape index (κ3) is 1.12. The Morgan fingerprint density at radius 2 is 2.50 bits per heavy atom. The highest BCUT2D eigenvalue weighted by atomic mass is 16.1. The lowest BCUT2D eigenvalue weighted by Gasteiger charge is -2.05. The van der Waals surface area contributed by atoms with E-state index in [2.05, 4.69) is 10.2 Å². The fourth-order valence-corrected chi connectivity index (χ4v) is 0.694. The van der Waals surface area contributed by atoms with Crippen molar-refractivity contribution in [3.05, 3.63) is 0 Å². The third-order valence-electron chi connectivity index (χ3n) is 1.05. The Labute approximate surface area is 47.8 Å². The summed E-state index contributed by atoms with van der Waals surface area (Å²) in [7, 11) is 0. The Balaban J connectivity index is 2.54. The van der Waals surface area contributed by atoms with Crippen molar-refractivity contribution in [3.63, 3.8) is 0 Å². The van der Waals surface area contributed by atoms with Crippen molar-refractivity contribution in [1.82, 2.24) is 0 Å². The fraction of sp³-hybridized carbons (Fsp3) is 0.800. The minimum absolute atomic E-state index is 0.122. The van der Waals surface area contributed by atoms with Crippen LogP contribution in [0.15, 0.2) is 10.2 Å². The second kappa shape index (κ2) is 2.03. The van der Waals surface area contributed by atoms with Crippen LogP contribution in [-0.4, -0.2) is 18.4 Å². The third-order valence-corrected chi connectivity index (χ3v) is 1.05. The molecule has 3 heteroatoms. The van der Waals surface area contributed by atoms with Crippen molar-refractivity contribution in [1.29, 1.82) is 0 Å². The number of carbonyl (C=O) groups excluding carboxylic acids is 1. The van der Waals surface area contributed by atoms with Gasteiger partial charge in [-0.1, -0.05) is 0 Å². The van der Waals surface area contributed by atoms with Crippen LogP contribution in [0.4, 0.5) is 0 Å². The van der Waals surface area contributed by atoms with Gasteiger partial charge >= 0.3 is 0 Å². The summed E-state index contributed by atoms with van der Waals surface area (Å²) in [4.78, 5) is 10.5. The number of rotatable bonds is 0. The lowest BCUT2D eigenvalue weighted by Crippen LogP contribution is -2.14. The van der Waals surface area contributed by atoms with Gasteiger partial charge in [0.1, 0.15) is 6.54 Å². The average Bonchev–Trinajstić information content (AvgIpc) is 1.64. The monoisotopic (exact) mass is 112 g/mol. The van der Waals surface area contributed by atoms with Crippen molar-refractivity contribution in [2.75, 3.05) is 6.54 Å². The van der Waals surface area contributed by atoms with Crippen LogP contribution < -0.4 is 0 Å². The lowest BCUT2D eigenvalue weighted by atomic mass is 10.1. The van der Waals surface area contributed by atoms with E-state index in [9.17, 15) is 4.79 Å². The van der Waals surface area contributed by atoms with Gasteiger partial charge in [-0.05, 0) is 6.92 Å². The number of azo groups is 1. The molecule has 0 radical (unpaired) electrons. The molecule has 0 bridgehead atoms. The molecule has 1 unspecified atom stereocenters. The molecule has 1 rings (SSSR count). The highest BCUT2D eigenvalue weighted by Gasteiger charge is 2.11. The number of carbonyl (C=O) groups is 1. The van der Waals surface area contributed by atoms with Crippen LogP contribution in [0.2, 0.25) is 0 Å². The van der Waals surface area contributed by atoms with Gasteiger partial charge in [-0.2, -0.15) is 10.2 Å². The number of ketones is 1. The van der Waals surface area contributed by atoms with Gasteiger partial charge in [0.25, 0.3) is 0 Å². The standard InChI is InChI=1S/C5H8N2O/c1-4-2-5(8)3-6-7-4/h4H,2-3H2,1H3. The highest BCUT2D eigenvalue weighted by Crippen LogP contribution is 2.03. The van der Waals surface area contributed by atoms with E-state index < -0.39 is 0 Å². The first kappa shape index (κ1) is 5.41. The molecule has 0 fully saturated rings. The maximum Gasteiger partial charge on any atom is 0.158 e. The van der Waals surface area contributed by atoms with Crippen LogP contribution >= 0.6 is 0 Å². The second-order valence-electron chi connectivity index (χ2n) is 2.01. The maximum absolute atomic E-state index is 10.5. The Bertz CT molecular complexity index is 130. The van der Waals surface area contributed by atoms with Gasteiger partial charge in [0.05, 0.1) is 6.04 Å². The zero-order chi connectivity index (χ0) is 5.98. The van der Waals surface area contributed by atoms with Gasteiger partial charge in [0.15, 0.2) is 5.78 Å². The smallest absolute Gasteiger partial charge is 0.158 e.